The summed E-state index contributed by atoms with van der Waals surface area (Å²) in [4.78, 5) is 4.34. The third kappa shape index (κ3) is 4.38. The van der Waals surface area contributed by atoms with E-state index in [-0.39, 0.29) is 5.60 Å². The van der Waals surface area contributed by atoms with Gasteiger partial charge in [-0.3, -0.25) is 4.68 Å². The van der Waals surface area contributed by atoms with Gasteiger partial charge < -0.3 is 10.1 Å². The maximum absolute atomic E-state index is 5.51. The second-order valence-electron chi connectivity index (χ2n) is 5.12. The first-order valence-electron chi connectivity index (χ1n) is 6.67. The van der Waals surface area contributed by atoms with Crippen LogP contribution in [0, 0.1) is 0 Å². The van der Waals surface area contributed by atoms with Gasteiger partial charge in [-0.15, -0.1) is 0 Å². The summed E-state index contributed by atoms with van der Waals surface area (Å²) < 4.78 is 7.46. The zero-order valence-corrected chi connectivity index (χ0v) is 12.2. The second-order valence-corrected chi connectivity index (χ2v) is 5.12. The van der Waals surface area contributed by atoms with E-state index < -0.39 is 0 Å². The molecule has 0 amide bonds. The summed E-state index contributed by atoms with van der Waals surface area (Å²) in [5.41, 5.74) is -0.121. The van der Waals surface area contributed by atoms with Crippen LogP contribution in [0.4, 0.5) is 0 Å². The Labute approximate surface area is 110 Å². The van der Waals surface area contributed by atoms with Gasteiger partial charge in [-0.2, -0.15) is 5.10 Å². The van der Waals surface area contributed by atoms with E-state index in [9.17, 15) is 0 Å². The molecule has 1 N–H and O–H groups in total. The molecule has 104 valence electrons. The Bertz CT molecular complexity index is 349. The lowest BCUT2D eigenvalue weighted by molar-refractivity contribution is 0.00704. The van der Waals surface area contributed by atoms with Crippen LogP contribution in [-0.4, -0.2) is 40.1 Å². The van der Waals surface area contributed by atoms with Gasteiger partial charge in [0.15, 0.2) is 0 Å². The minimum atomic E-state index is -0.121. The van der Waals surface area contributed by atoms with E-state index in [0.29, 0.717) is 6.04 Å². The molecule has 0 radical (unpaired) electrons. The molecule has 0 aliphatic carbocycles. The maximum Gasteiger partial charge on any atom is 0.138 e. The number of likely N-dealkylation sites (N-methyl/N-ethyl adjacent to an activating group) is 1. The van der Waals surface area contributed by atoms with Gasteiger partial charge in [0.1, 0.15) is 12.2 Å². The summed E-state index contributed by atoms with van der Waals surface area (Å²) in [5, 5.41) is 7.71. The van der Waals surface area contributed by atoms with Crippen LogP contribution in [0.3, 0.4) is 0 Å². The van der Waals surface area contributed by atoms with E-state index in [1.807, 2.05) is 4.68 Å². The first-order chi connectivity index (χ1) is 8.52. The molecule has 0 aliphatic rings. The first-order valence-corrected chi connectivity index (χ1v) is 6.67. The highest BCUT2D eigenvalue weighted by atomic mass is 16.5. The molecule has 0 fully saturated rings. The number of aromatic nitrogens is 3. The number of nitrogens with zero attached hydrogens (tertiary/aromatic N) is 3. The summed E-state index contributed by atoms with van der Waals surface area (Å²) >= 11 is 0. The van der Waals surface area contributed by atoms with Crippen molar-refractivity contribution in [3.05, 3.63) is 12.2 Å². The molecule has 1 rings (SSSR count). The van der Waals surface area contributed by atoms with E-state index >= 15 is 0 Å². The molecule has 1 aromatic rings. The smallest absolute Gasteiger partial charge is 0.138 e. The predicted octanol–water partition coefficient (Wildman–Crippen LogP) is 1.63. The van der Waals surface area contributed by atoms with E-state index in [0.717, 1.165) is 31.8 Å². The van der Waals surface area contributed by atoms with Gasteiger partial charge in [0, 0.05) is 26.1 Å². The molecule has 18 heavy (non-hydrogen) atoms. The molecule has 0 saturated carbocycles. The van der Waals surface area contributed by atoms with Crippen molar-refractivity contribution in [2.45, 2.75) is 58.7 Å². The lowest BCUT2D eigenvalue weighted by Gasteiger charge is -2.28. The standard InChI is InChI=1S/C13H26N4O/c1-6-14-11(9-13(3,4)18-5)8-12-15-10-16-17(12)7-2/h10-11,14H,6-9H2,1-5H3. The maximum atomic E-state index is 5.51. The van der Waals surface area contributed by atoms with Crippen molar-refractivity contribution in [2.75, 3.05) is 13.7 Å². The molecule has 0 aliphatic heterocycles. The van der Waals surface area contributed by atoms with Crippen molar-refractivity contribution in [3.63, 3.8) is 0 Å². The SMILES string of the molecule is CCNC(Cc1ncnn1CC)CC(C)(C)OC. The number of nitrogens with one attached hydrogen (secondary N) is 1. The Morgan fingerprint density at radius 2 is 2.17 bits per heavy atom. The van der Waals surface area contributed by atoms with Gasteiger partial charge in [-0.1, -0.05) is 6.92 Å². The zero-order chi connectivity index (χ0) is 13.6. The highest BCUT2D eigenvalue weighted by Crippen LogP contribution is 2.17. The molecule has 1 unspecified atom stereocenters. The molecule has 0 bridgehead atoms. The van der Waals surface area contributed by atoms with Crippen molar-refractivity contribution in [3.8, 4) is 0 Å². The molecule has 5 nitrogen and oxygen atoms in total. The van der Waals surface area contributed by atoms with Crippen LogP contribution in [0.25, 0.3) is 0 Å². The Morgan fingerprint density at radius 1 is 1.44 bits per heavy atom. The Morgan fingerprint density at radius 3 is 2.72 bits per heavy atom. The zero-order valence-electron chi connectivity index (χ0n) is 12.2. The lowest BCUT2D eigenvalue weighted by atomic mass is 9.96. The van der Waals surface area contributed by atoms with Crippen molar-refractivity contribution in [2.24, 2.45) is 0 Å². The number of ether oxygens (including phenoxy) is 1. The number of hydrogen-bond acceptors (Lipinski definition) is 4. The van der Waals surface area contributed by atoms with Gasteiger partial charge >= 0.3 is 0 Å². The van der Waals surface area contributed by atoms with Crippen LogP contribution >= 0.6 is 0 Å². The third-order valence-electron chi connectivity index (χ3n) is 3.21. The summed E-state index contributed by atoms with van der Waals surface area (Å²) in [6, 6.07) is 0.361. The van der Waals surface area contributed by atoms with Crippen LogP contribution in [0.5, 0.6) is 0 Å². The molecule has 1 atom stereocenters. The Kier molecular flexibility index (Phi) is 5.75. The number of aryl methyl sites for hydroxylation is 1. The van der Waals surface area contributed by atoms with Crippen LogP contribution in [0.2, 0.25) is 0 Å². The van der Waals surface area contributed by atoms with Crippen molar-refractivity contribution < 1.29 is 4.74 Å². The average Bonchev–Trinajstić information content (AvgIpc) is 2.76. The molecular weight excluding hydrogens is 228 g/mol. The molecule has 1 aromatic heterocycles. The lowest BCUT2D eigenvalue weighted by Crippen LogP contribution is -2.39. The number of rotatable bonds is 8. The highest BCUT2D eigenvalue weighted by Gasteiger charge is 2.23. The highest BCUT2D eigenvalue weighted by molar-refractivity contribution is 4.92. The quantitative estimate of drug-likeness (QED) is 0.766. The van der Waals surface area contributed by atoms with E-state index in [4.69, 9.17) is 4.74 Å². The van der Waals surface area contributed by atoms with Crippen molar-refractivity contribution in [1.29, 1.82) is 0 Å². The number of hydrogen-bond donors (Lipinski definition) is 1. The largest absolute Gasteiger partial charge is 0.379 e. The molecule has 0 spiro atoms. The van der Waals surface area contributed by atoms with Gasteiger partial charge in [-0.25, -0.2) is 4.98 Å². The molecule has 1 heterocycles. The Balaban J connectivity index is 2.68. The van der Waals surface area contributed by atoms with Crippen molar-refractivity contribution >= 4 is 0 Å². The topological polar surface area (TPSA) is 52.0 Å². The molecule has 0 aromatic carbocycles. The number of methoxy groups -OCH3 is 1. The van der Waals surface area contributed by atoms with E-state index in [2.05, 4.69) is 43.1 Å². The summed E-state index contributed by atoms with van der Waals surface area (Å²) in [7, 11) is 1.76. The van der Waals surface area contributed by atoms with Gasteiger partial charge in [-0.05, 0) is 33.7 Å². The molecule has 5 heteroatoms. The van der Waals surface area contributed by atoms with E-state index in [1.165, 1.54) is 0 Å². The molecule has 0 saturated heterocycles. The van der Waals surface area contributed by atoms with Gasteiger partial charge in [0.25, 0.3) is 0 Å². The Hall–Kier alpha value is -0.940. The monoisotopic (exact) mass is 254 g/mol. The van der Waals surface area contributed by atoms with Crippen LogP contribution in [-0.2, 0) is 17.7 Å². The van der Waals surface area contributed by atoms with Crippen molar-refractivity contribution in [1.82, 2.24) is 20.1 Å². The minimum absolute atomic E-state index is 0.121. The third-order valence-corrected chi connectivity index (χ3v) is 3.21. The van der Waals surface area contributed by atoms with Crippen LogP contribution in [0.1, 0.15) is 39.9 Å². The summed E-state index contributed by atoms with van der Waals surface area (Å²) in [6.45, 7) is 10.2. The fraction of sp³-hybridized carbons (Fsp3) is 0.846. The molecular formula is C13H26N4O. The summed E-state index contributed by atoms with van der Waals surface area (Å²) in [6.07, 6.45) is 3.46. The van der Waals surface area contributed by atoms with Crippen LogP contribution in [0.15, 0.2) is 6.33 Å². The normalized spacial score (nSPS) is 13.8. The fourth-order valence-corrected chi connectivity index (χ4v) is 2.11. The van der Waals surface area contributed by atoms with Gasteiger partial charge in [0.05, 0.1) is 5.60 Å². The van der Waals surface area contributed by atoms with Crippen LogP contribution < -0.4 is 5.32 Å². The minimum Gasteiger partial charge on any atom is -0.379 e. The first kappa shape index (κ1) is 15.1. The second kappa shape index (κ2) is 6.85. The summed E-state index contributed by atoms with van der Waals surface area (Å²) in [5.74, 6) is 1.04. The average molecular weight is 254 g/mol. The fourth-order valence-electron chi connectivity index (χ4n) is 2.11. The predicted molar refractivity (Wildman–Crippen MR) is 72.6 cm³/mol. The van der Waals surface area contributed by atoms with Gasteiger partial charge in [0.2, 0.25) is 0 Å². The van der Waals surface area contributed by atoms with E-state index in [1.54, 1.807) is 13.4 Å².